The van der Waals surface area contributed by atoms with E-state index in [2.05, 4.69) is 22.6 Å². The minimum absolute atomic E-state index is 0.158. The van der Waals surface area contributed by atoms with Crippen LogP contribution in [0, 0.1) is 13.7 Å². The zero-order valence-corrected chi connectivity index (χ0v) is 10.4. The Morgan fingerprint density at radius 2 is 2.21 bits per heavy atom. The van der Waals surface area contributed by atoms with Crippen molar-refractivity contribution in [2.75, 3.05) is 0 Å². The predicted octanol–water partition coefficient (Wildman–Crippen LogP) is 4.07. The van der Waals surface area contributed by atoms with E-state index in [1.807, 2.05) is 0 Å². The van der Waals surface area contributed by atoms with Crippen molar-refractivity contribution in [2.24, 2.45) is 0 Å². The van der Waals surface area contributed by atoms with Gasteiger partial charge >= 0.3 is 0 Å². The molecule has 0 saturated carbocycles. The third kappa shape index (κ3) is 1.59. The minimum Gasteiger partial charge on any atom is -0.258 e. The van der Waals surface area contributed by atoms with Gasteiger partial charge in [0.05, 0.1) is 15.7 Å². The minimum atomic E-state index is -0.366. The van der Waals surface area contributed by atoms with Crippen LogP contribution in [-0.2, 0) is 0 Å². The SMILES string of the molecule is O=[N+]([O-])c1csc2cc(Cl)cc(I)c12. The summed E-state index contributed by atoms with van der Waals surface area (Å²) in [7, 11) is 0. The second-order valence-corrected chi connectivity index (χ2v) is 5.15. The highest BCUT2D eigenvalue weighted by atomic mass is 127. The maximum Gasteiger partial charge on any atom is 0.288 e. The van der Waals surface area contributed by atoms with Crippen LogP contribution in [0.15, 0.2) is 17.5 Å². The average molecular weight is 340 g/mol. The Morgan fingerprint density at radius 3 is 2.86 bits per heavy atom. The van der Waals surface area contributed by atoms with E-state index < -0.39 is 0 Å². The number of benzene rings is 1. The predicted molar refractivity (Wildman–Crippen MR) is 66.2 cm³/mol. The van der Waals surface area contributed by atoms with Crippen LogP contribution in [0.4, 0.5) is 5.69 Å². The maximum atomic E-state index is 10.7. The highest BCUT2D eigenvalue weighted by molar-refractivity contribution is 14.1. The molecular weight excluding hydrogens is 337 g/mol. The van der Waals surface area contributed by atoms with Gasteiger partial charge < -0.3 is 0 Å². The van der Waals surface area contributed by atoms with Gasteiger partial charge in [0.25, 0.3) is 5.69 Å². The number of nitrogens with zero attached hydrogens (tertiary/aromatic N) is 1. The monoisotopic (exact) mass is 339 g/mol. The van der Waals surface area contributed by atoms with Crippen LogP contribution in [-0.4, -0.2) is 4.92 Å². The summed E-state index contributed by atoms with van der Waals surface area (Å²) >= 11 is 9.24. The van der Waals surface area contributed by atoms with Gasteiger partial charge in [-0.3, -0.25) is 10.1 Å². The first-order valence-electron chi connectivity index (χ1n) is 3.60. The molecule has 0 bridgehead atoms. The Bertz CT molecular complexity index is 525. The Kier molecular flexibility index (Phi) is 2.63. The second kappa shape index (κ2) is 3.63. The number of thiophene rings is 1. The first-order chi connectivity index (χ1) is 6.59. The number of fused-ring (bicyclic) bond motifs is 1. The van der Waals surface area contributed by atoms with Gasteiger partial charge in [-0.05, 0) is 34.7 Å². The van der Waals surface area contributed by atoms with Gasteiger partial charge in [0.2, 0.25) is 0 Å². The smallest absolute Gasteiger partial charge is 0.258 e. The van der Waals surface area contributed by atoms with E-state index in [0.717, 1.165) is 8.27 Å². The highest BCUT2D eigenvalue weighted by Gasteiger charge is 2.17. The summed E-state index contributed by atoms with van der Waals surface area (Å²) in [4.78, 5) is 10.3. The molecule has 0 atom stereocenters. The standard InChI is InChI=1S/C8H3ClINO2S/c9-4-1-5(10)8-6(11(12)13)3-14-7(8)2-4/h1-3H. The van der Waals surface area contributed by atoms with Crippen molar-refractivity contribution in [1.29, 1.82) is 0 Å². The molecule has 0 fully saturated rings. The zero-order valence-electron chi connectivity index (χ0n) is 6.66. The van der Waals surface area contributed by atoms with E-state index >= 15 is 0 Å². The summed E-state index contributed by atoms with van der Waals surface area (Å²) in [6.07, 6.45) is 0. The number of halogens is 2. The summed E-state index contributed by atoms with van der Waals surface area (Å²) in [6, 6.07) is 3.47. The van der Waals surface area contributed by atoms with Crippen LogP contribution >= 0.6 is 45.5 Å². The summed E-state index contributed by atoms with van der Waals surface area (Å²) in [5.74, 6) is 0. The molecule has 2 aromatic rings. The Balaban J connectivity index is 2.85. The van der Waals surface area contributed by atoms with Gasteiger partial charge in [0.1, 0.15) is 0 Å². The normalized spacial score (nSPS) is 10.7. The lowest BCUT2D eigenvalue weighted by molar-refractivity contribution is -0.382. The quantitative estimate of drug-likeness (QED) is 0.446. The first kappa shape index (κ1) is 10.1. The molecule has 0 aliphatic heterocycles. The molecular formula is C8H3ClINO2S. The van der Waals surface area contributed by atoms with Crippen LogP contribution in [0.2, 0.25) is 5.02 Å². The van der Waals surface area contributed by atoms with E-state index in [4.69, 9.17) is 11.6 Å². The Labute approximate surface area is 102 Å². The molecule has 0 amide bonds. The number of nitro groups is 1. The molecule has 0 aliphatic carbocycles. The Hall–Kier alpha value is -0.400. The fourth-order valence-electron chi connectivity index (χ4n) is 1.20. The van der Waals surface area contributed by atoms with Gasteiger partial charge in [-0.1, -0.05) is 11.6 Å². The molecule has 0 aliphatic rings. The third-order valence-corrected chi connectivity index (χ3v) is 3.76. The molecule has 1 aromatic heterocycles. The van der Waals surface area contributed by atoms with Crippen molar-refractivity contribution in [3.8, 4) is 0 Å². The van der Waals surface area contributed by atoms with Crippen LogP contribution in [0.1, 0.15) is 0 Å². The van der Waals surface area contributed by atoms with Gasteiger partial charge in [0.15, 0.2) is 0 Å². The Morgan fingerprint density at radius 1 is 1.50 bits per heavy atom. The molecule has 0 radical (unpaired) electrons. The third-order valence-electron chi connectivity index (χ3n) is 1.77. The molecule has 14 heavy (non-hydrogen) atoms. The summed E-state index contributed by atoms with van der Waals surface area (Å²) in [5.41, 5.74) is 0.158. The van der Waals surface area contributed by atoms with Gasteiger partial charge in [-0.25, -0.2) is 0 Å². The second-order valence-electron chi connectivity index (χ2n) is 2.64. The van der Waals surface area contributed by atoms with Crippen molar-refractivity contribution in [1.82, 2.24) is 0 Å². The molecule has 6 heteroatoms. The van der Waals surface area contributed by atoms with E-state index in [1.165, 1.54) is 11.3 Å². The zero-order chi connectivity index (χ0) is 10.3. The fourth-order valence-corrected chi connectivity index (χ4v) is 3.73. The molecule has 3 nitrogen and oxygen atoms in total. The maximum absolute atomic E-state index is 10.7. The lowest BCUT2D eigenvalue weighted by atomic mass is 10.2. The molecule has 0 unspecified atom stereocenters. The van der Waals surface area contributed by atoms with E-state index in [0.29, 0.717) is 10.4 Å². The van der Waals surface area contributed by atoms with Crippen LogP contribution in [0.25, 0.3) is 10.1 Å². The molecule has 1 aromatic carbocycles. The van der Waals surface area contributed by atoms with Crippen molar-refractivity contribution < 1.29 is 4.92 Å². The van der Waals surface area contributed by atoms with Crippen molar-refractivity contribution >= 4 is 61.3 Å². The lowest BCUT2D eigenvalue weighted by Crippen LogP contribution is -1.86. The molecule has 2 rings (SSSR count). The van der Waals surface area contributed by atoms with Crippen LogP contribution in [0.5, 0.6) is 0 Å². The highest BCUT2D eigenvalue weighted by Crippen LogP contribution is 2.37. The van der Waals surface area contributed by atoms with Crippen LogP contribution < -0.4 is 0 Å². The summed E-state index contributed by atoms with van der Waals surface area (Å²) in [5, 5.41) is 13.5. The number of rotatable bonds is 1. The molecule has 0 saturated heterocycles. The molecule has 0 spiro atoms. The van der Waals surface area contributed by atoms with E-state index in [1.54, 1.807) is 17.5 Å². The number of hydrogen-bond donors (Lipinski definition) is 0. The van der Waals surface area contributed by atoms with Crippen molar-refractivity contribution in [3.05, 3.63) is 36.2 Å². The largest absolute Gasteiger partial charge is 0.288 e. The topological polar surface area (TPSA) is 43.1 Å². The van der Waals surface area contributed by atoms with Crippen molar-refractivity contribution in [3.63, 3.8) is 0 Å². The van der Waals surface area contributed by atoms with Gasteiger partial charge in [-0.15, -0.1) is 11.3 Å². The fraction of sp³-hybridized carbons (Fsp3) is 0. The lowest BCUT2D eigenvalue weighted by Gasteiger charge is -1.95. The van der Waals surface area contributed by atoms with E-state index in [9.17, 15) is 10.1 Å². The molecule has 0 N–H and O–H groups in total. The van der Waals surface area contributed by atoms with Gasteiger partial charge in [-0.2, -0.15) is 0 Å². The number of hydrogen-bond acceptors (Lipinski definition) is 3. The average Bonchev–Trinajstić information content (AvgIpc) is 2.47. The molecule has 72 valence electrons. The molecule has 1 heterocycles. The van der Waals surface area contributed by atoms with Crippen molar-refractivity contribution in [2.45, 2.75) is 0 Å². The summed E-state index contributed by atoms with van der Waals surface area (Å²) < 4.78 is 1.67. The van der Waals surface area contributed by atoms with Gasteiger partial charge in [0, 0.05) is 13.3 Å². The first-order valence-corrected chi connectivity index (χ1v) is 5.94. The summed E-state index contributed by atoms with van der Waals surface area (Å²) in [6.45, 7) is 0. The van der Waals surface area contributed by atoms with E-state index in [-0.39, 0.29) is 10.6 Å². The van der Waals surface area contributed by atoms with Crippen LogP contribution in [0.3, 0.4) is 0 Å².